The first-order valence-electron chi connectivity index (χ1n) is 24.1. The molecule has 2 saturated heterocycles. The summed E-state index contributed by atoms with van der Waals surface area (Å²) in [6, 6.07) is 0. The number of aliphatic hydroxyl groups excluding tert-OH is 3. The second-order valence-electron chi connectivity index (χ2n) is 22.8. The third kappa shape index (κ3) is 6.46. The molecule has 2 aliphatic heterocycles. The third-order valence-electron chi connectivity index (χ3n) is 19.5. The molecular formula is C51H66F4O13S. The first kappa shape index (κ1) is 51.0. The van der Waals surface area contributed by atoms with Crippen LogP contribution in [0.5, 0.6) is 0 Å². The zero-order valence-electron chi connectivity index (χ0n) is 40.5. The summed E-state index contributed by atoms with van der Waals surface area (Å²) in [5, 5.41) is 45.2. The second kappa shape index (κ2) is 16.3. The molecule has 8 aliphatic carbocycles. The summed E-state index contributed by atoms with van der Waals surface area (Å²) in [5.41, 5.74) is -12.9. The van der Waals surface area contributed by atoms with Gasteiger partial charge in [0.25, 0.3) is 0 Å². The molecular weight excluding hydrogens is 929 g/mol. The lowest BCUT2D eigenvalue weighted by molar-refractivity contribution is -0.254. The largest absolute Gasteiger partial charge is 0.465 e. The highest BCUT2D eigenvalue weighted by molar-refractivity contribution is 7.99. The number of esters is 1. The Labute approximate surface area is 403 Å². The van der Waals surface area contributed by atoms with E-state index in [9.17, 15) is 39.6 Å². The SMILES string of the molecule is CC1C[C@H]2[C@@H]3CC(F)C4=CC(=O)C=C[C@]4(C)[C@]3(F)CC(O)[C@]2(C)C1(O)C(O)=[SH][C@@H]1CCOC1=O.COC(OC)C(=O)[C@@]12OC(C)(C)O[C@@H]1C[C@H]1[C@@H]3C[C@H](F)C4=CC(=O)C=C[C@]4(C)[C@@]3(F)[C@@H](O)C[C@@]12C. The normalized spacial score (nSPS) is 51.3. The summed E-state index contributed by atoms with van der Waals surface area (Å²) in [7, 11) is 2.69. The number of allylic oxidation sites excluding steroid dienone is 8. The number of cyclic esters (lactones) is 1. The maximum Gasteiger partial charge on any atom is 0.318 e. The number of aliphatic hydroxyl groups is 4. The topological polar surface area (TPSA) is 195 Å². The zero-order chi connectivity index (χ0) is 50.6. The van der Waals surface area contributed by atoms with Gasteiger partial charge in [0.2, 0.25) is 12.1 Å². The number of thiol groups is 1. The van der Waals surface area contributed by atoms with E-state index < -0.39 is 139 Å². The van der Waals surface area contributed by atoms with Gasteiger partial charge in [0.1, 0.15) is 33.9 Å². The van der Waals surface area contributed by atoms with Crippen LogP contribution in [0.2, 0.25) is 0 Å². The predicted octanol–water partition coefficient (Wildman–Crippen LogP) is 5.74. The summed E-state index contributed by atoms with van der Waals surface area (Å²) in [4.78, 5) is 49.9. The number of ketones is 3. The molecule has 0 aromatic heterocycles. The van der Waals surface area contributed by atoms with Crippen LogP contribution in [0.25, 0.3) is 0 Å². The lowest BCUT2D eigenvalue weighted by Gasteiger charge is -2.63. The van der Waals surface area contributed by atoms with Gasteiger partial charge < -0.3 is 44.1 Å². The van der Waals surface area contributed by atoms with E-state index in [4.69, 9.17) is 23.7 Å². The average molecular weight is 995 g/mol. The van der Waals surface area contributed by atoms with Crippen molar-refractivity contribution in [3.63, 3.8) is 0 Å². The molecule has 0 aromatic carbocycles. The Bertz CT molecular complexity index is 2390. The van der Waals surface area contributed by atoms with Gasteiger partial charge in [-0.05, 0) is 113 Å². The first-order valence-corrected chi connectivity index (χ1v) is 25.1. The molecule has 0 bridgehead atoms. The van der Waals surface area contributed by atoms with Crippen molar-refractivity contribution in [3.05, 3.63) is 47.6 Å². The van der Waals surface area contributed by atoms with Gasteiger partial charge in [0, 0.05) is 60.6 Å². The van der Waals surface area contributed by atoms with Crippen LogP contribution in [0.15, 0.2) is 47.6 Å². The van der Waals surface area contributed by atoms with Crippen LogP contribution in [0, 0.1) is 51.2 Å². The number of Topliss-reactive ketones (excluding diaryl/α,β-unsaturated/α-hetero) is 1. The van der Waals surface area contributed by atoms with Gasteiger partial charge >= 0.3 is 5.97 Å². The molecule has 10 aliphatic rings. The smallest absolute Gasteiger partial charge is 0.318 e. The van der Waals surface area contributed by atoms with Crippen molar-refractivity contribution in [2.24, 2.45) is 51.2 Å². The highest BCUT2D eigenvalue weighted by Crippen LogP contribution is 2.74. The Balaban J connectivity index is 0.000000172. The fourth-order valence-corrected chi connectivity index (χ4v) is 17.3. The Morgan fingerprint density at radius 1 is 0.812 bits per heavy atom. The molecule has 2 heterocycles. The minimum Gasteiger partial charge on any atom is -0.465 e. The quantitative estimate of drug-likeness (QED) is 0.0712. The number of hydrogen-bond donors (Lipinski definition) is 5. The van der Waals surface area contributed by atoms with Crippen molar-refractivity contribution in [1.82, 2.24) is 0 Å². The van der Waals surface area contributed by atoms with E-state index in [1.165, 1.54) is 44.6 Å². The van der Waals surface area contributed by atoms with Crippen molar-refractivity contribution >= 4 is 39.7 Å². The standard InChI is InChI=1S/C26H34F2O7.C25H32F2O6S/c1-22(2)34-19-11-14-15-10-17(27)16-9-13(29)7-8-23(16,3)25(15,28)18(30)12-24(14,4)26(19,35-22)20(31)21(32-5)33-6;1-12-8-14-15-10-17(26)16-9-13(28)4-6-22(16,2)24(15,27)11-19(29)23(14,3)25(12,32)21(31)34-18-5-7-33-20(18)30/h7-9,14-15,17-19,21,30H,10-12H2,1-6H3;4,6,9,12,14-15,17-19,29,31-32,34H,5,7-8,10-11H2,1-3H3/t14-,15-,17-,18-,19+,23-,24-,25-,26-;12?,14-,15-,17?,18+,19?,22-,23+,24-,25?/m00/s1. The Kier molecular flexibility index (Phi) is 12.0. The fraction of sp³-hybridized carbons (Fsp3) is 0.745. The molecule has 0 aromatic rings. The van der Waals surface area contributed by atoms with Crippen LogP contribution < -0.4 is 0 Å². The molecule has 4 N–H and O–H groups in total. The molecule has 382 valence electrons. The zero-order valence-corrected chi connectivity index (χ0v) is 41.4. The average Bonchev–Trinajstić information content (AvgIpc) is 3.95. The first-order chi connectivity index (χ1) is 32.0. The van der Waals surface area contributed by atoms with Crippen molar-refractivity contribution < 1.29 is 80.9 Å². The van der Waals surface area contributed by atoms with Crippen molar-refractivity contribution in [2.45, 2.75) is 164 Å². The number of carbonyl (C=O) groups excluding carboxylic acids is 4. The molecule has 4 unspecified atom stereocenters. The number of halogens is 4. The van der Waals surface area contributed by atoms with Gasteiger partial charge in [-0.25, -0.2) is 17.6 Å². The molecule has 10 rings (SSSR count). The number of carbonyl (C=O) groups is 4. The van der Waals surface area contributed by atoms with E-state index in [2.05, 4.69) is 0 Å². The Morgan fingerprint density at radius 3 is 1.97 bits per heavy atom. The molecule has 0 amide bonds. The molecule has 0 radical (unpaired) electrons. The van der Waals surface area contributed by atoms with Gasteiger partial charge in [0.15, 0.2) is 28.6 Å². The molecule has 69 heavy (non-hydrogen) atoms. The van der Waals surface area contributed by atoms with E-state index in [1.807, 2.05) is 0 Å². The van der Waals surface area contributed by atoms with Gasteiger partial charge in [-0.2, -0.15) is 11.4 Å². The van der Waals surface area contributed by atoms with Gasteiger partial charge in [-0.3, -0.25) is 19.2 Å². The van der Waals surface area contributed by atoms with Crippen LogP contribution in [0.3, 0.4) is 0 Å². The minimum atomic E-state index is -2.25. The van der Waals surface area contributed by atoms with Crippen LogP contribution in [-0.4, -0.2) is 140 Å². The molecule has 18 heteroatoms. The summed E-state index contributed by atoms with van der Waals surface area (Å²) < 4.78 is 93.7. The summed E-state index contributed by atoms with van der Waals surface area (Å²) in [6.07, 6.45) is -0.254. The fourth-order valence-electron chi connectivity index (χ4n) is 16.0. The van der Waals surface area contributed by atoms with E-state index in [-0.39, 0.29) is 78.5 Å². The molecule has 13 nitrogen and oxygen atoms in total. The summed E-state index contributed by atoms with van der Waals surface area (Å²) >= 11 is 0.212. The summed E-state index contributed by atoms with van der Waals surface area (Å²) in [6.45, 7) is 11.9. The summed E-state index contributed by atoms with van der Waals surface area (Å²) in [5.74, 6) is -6.35. The van der Waals surface area contributed by atoms with Crippen LogP contribution in [0.1, 0.15) is 93.4 Å². The number of methoxy groups -OCH3 is 2. The number of hydrogen-bond acceptors (Lipinski definition) is 12. The molecule has 8 fully saturated rings. The van der Waals surface area contributed by atoms with Crippen LogP contribution >= 0.6 is 11.4 Å². The minimum absolute atomic E-state index is 0.0582. The van der Waals surface area contributed by atoms with Crippen molar-refractivity contribution in [1.29, 1.82) is 0 Å². The second-order valence-corrected chi connectivity index (χ2v) is 24.1. The van der Waals surface area contributed by atoms with Gasteiger partial charge in [0.05, 0.1) is 24.9 Å². The highest BCUT2D eigenvalue weighted by atomic mass is 32.1. The number of rotatable bonds is 6. The molecule has 0 spiro atoms. The van der Waals surface area contributed by atoms with E-state index in [0.717, 1.165) is 6.08 Å². The van der Waals surface area contributed by atoms with Gasteiger partial charge in [-0.15, -0.1) is 0 Å². The third-order valence-corrected chi connectivity index (χ3v) is 20.8. The van der Waals surface area contributed by atoms with Gasteiger partial charge in [-0.1, -0.05) is 32.9 Å². The van der Waals surface area contributed by atoms with Crippen molar-refractivity contribution in [2.75, 3.05) is 20.8 Å². The number of ether oxygens (including phenoxy) is 5. The number of alkyl halides is 4. The lowest BCUT2D eigenvalue weighted by atomic mass is 9.44. The maximum absolute atomic E-state index is 17.3. The Hall–Kier alpha value is -2.94. The Morgan fingerprint density at radius 2 is 1.39 bits per heavy atom. The lowest BCUT2D eigenvalue weighted by Crippen LogP contribution is -2.71. The maximum atomic E-state index is 17.3. The highest BCUT2D eigenvalue weighted by Gasteiger charge is 2.82. The van der Waals surface area contributed by atoms with Crippen LogP contribution in [0.4, 0.5) is 17.6 Å². The molecule has 19 atom stereocenters. The van der Waals surface area contributed by atoms with Crippen molar-refractivity contribution in [3.8, 4) is 0 Å². The number of fused-ring (bicyclic) bond motifs is 12. The van der Waals surface area contributed by atoms with E-state index >= 15 is 17.6 Å². The van der Waals surface area contributed by atoms with E-state index in [1.54, 1.807) is 48.5 Å². The van der Waals surface area contributed by atoms with Crippen LogP contribution in [-0.2, 0) is 42.9 Å². The molecule has 6 saturated carbocycles. The van der Waals surface area contributed by atoms with E-state index in [0.29, 0.717) is 6.42 Å². The predicted molar refractivity (Wildman–Crippen MR) is 244 cm³/mol. The monoisotopic (exact) mass is 994 g/mol.